The molecule has 0 radical (unpaired) electrons. The second-order valence-corrected chi connectivity index (χ2v) is 5.46. The van der Waals surface area contributed by atoms with Crippen molar-refractivity contribution in [2.24, 2.45) is 0 Å². The Morgan fingerprint density at radius 3 is 1.88 bits per heavy atom. The Kier molecular flexibility index (Phi) is 5.57. The van der Waals surface area contributed by atoms with Crippen LogP contribution in [0.3, 0.4) is 0 Å². The fraction of sp³-hybridized carbons (Fsp3) is 0. The van der Waals surface area contributed by atoms with Gasteiger partial charge in [-0.15, -0.1) is 0 Å². The quantitative estimate of drug-likeness (QED) is 0.366. The van der Waals surface area contributed by atoms with Gasteiger partial charge in [-0.25, -0.2) is 0 Å². The van der Waals surface area contributed by atoms with Crippen LogP contribution in [0.25, 0.3) is 0 Å². The molecule has 1 aromatic carbocycles. The van der Waals surface area contributed by atoms with E-state index in [-0.39, 0.29) is 57.1 Å². The predicted octanol–water partition coefficient (Wildman–Crippen LogP) is -0.886. The third-order valence-electron chi connectivity index (χ3n) is 1.56. The Morgan fingerprint density at radius 2 is 1.50 bits per heavy atom. The van der Waals surface area contributed by atoms with Crippen molar-refractivity contribution in [3.05, 3.63) is 18.2 Å². The number of rotatable bonds is 2. The van der Waals surface area contributed by atoms with Crippen molar-refractivity contribution in [3.8, 4) is 0 Å². The van der Waals surface area contributed by atoms with Gasteiger partial charge in [0, 0.05) is 0 Å². The molecular formula is C6H8KNO6S2. The molecule has 0 amide bonds. The summed E-state index contributed by atoms with van der Waals surface area (Å²) in [5.41, 5.74) is 4.89. The zero-order chi connectivity index (χ0) is 11.9. The van der Waals surface area contributed by atoms with E-state index in [2.05, 4.69) is 0 Å². The van der Waals surface area contributed by atoms with Gasteiger partial charge in [-0.3, -0.25) is 9.11 Å². The molecule has 86 valence electrons. The molecule has 16 heavy (non-hydrogen) atoms. The van der Waals surface area contributed by atoms with E-state index in [0.717, 1.165) is 12.1 Å². The Morgan fingerprint density at radius 1 is 1.00 bits per heavy atom. The van der Waals surface area contributed by atoms with E-state index in [9.17, 15) is 16.8 Å². The second kappa shape index (κ2) is 5.41. The van der Waals surface area contributed by atoms with Crippen molar-refractivity contribution in [2.75, 3.05) is 5.73 Å². The Labute approximate surface area is 135 Å². The van der Waals surface area contributed by atoms with Gasteiger partial charge in [0.2, 0.25) is 0 Å². The third-order valence-corrected chi connectivity index (χ3v) is 3.32. The summed E-state index contributed by atoms with van der Waals surface area (Å²) in [6, 6.07) is 2.44. The summed E-state index contributed by atoms with van der Waals surface area (Å²) in [6.45, 7) is 0. The van der Waals surface area contributed by atoms with Crippen LogP contribution in [0.4, 0.5) is 5.69 Å². The van der Waals surface area contributed by atoms with E-state index < -0.39 is 30.0 Å². The van der Waals surface area contributed by atoms with Crippen molar-refractivity contribution in [1.82, 2.24) is 0 Å². The van der Waals surface area contributed by atoms with Crippen molar-refractivity contribution in [1.29, 1.82) is 0 Å². The molecule has 10 heteroatoms. The van der Waals surface area contributed by atoms with Gasteiger partial charge < -0.3 is 5.73 Å². The standard InChI is InChI=1S/C6H7NO6S2.K.H/c7-5-2-1-4(14(8,9)10)3-6(5)15(11,12)13;;/h1-3H,7H2,(H,8,9,10)(H,11,12,13);;. The average Bonchev–Trinajstić information content (AvgIpc) is 2.00. The summed E-state index contributed by atoms with van der Waals surface area (Å²) < 4.78 is 60.1. The molecule has 0 aliphatic carbocycles. The Bertz CT molecular complexity index is 593. The molecule has 7 nitrogen and oxygen atoms in total. The maximum absolute atomic E-state index is 10.7. The SMILES string of the molecule is Nc1ccc(S(=O)(=O)O)cc1S(=O)(=O)O.[KH]. The second-order valence-electron chi connectivity index (χ2n) is 2.65. The maximum atomic E-state index is 10.7. The number of hydrogen-bond donors (Lipinski definition) is 3. The summed E-state index contributed by atoms with van der Waals surface area (Å²) in [5.74, 6) is 0. The molecule has 0 aromatic heterocycles. The minimum absolute atomic E-state index is 0. The first-order valence-electron chi connectivity index (χ1n) is 3.47. The van der Waals surface area contributed by atoms with Crippen molar-refractivity contribution >= 4 is 77.3 Å². The van der Waals surface area contributed by atoms with Crippen molar-refractivity contribution < 1.29 is 25.9 Å². The number of benzene rings is 1. The first-order valence-corrected chi connectivity index (χ1v) is 6.35. The van der Waals surface area contributed by atoms with E-state index in [1.807, 2.05) is 0 Å². The molecule has 0 saturated carbocycles. The van der Waals surface area contributed by atoms with Crippen LogP contribution in [0, 0.1) is 0 Å². The summed E-state index contributed by atoms with van der Waals surface area (Å²) in [5, 5.41) is 0. The number of anilines is 1. The van der Waals surface area contributed by atoms with Crippen LogP contribution in [-0.2, 0) is 20.2 Å². The van der Waals surface area contributed by atoms with Gasteiger partial charge in [-0.1, -0.05) is 0 Å². The van der Waals surface area contributed by atoms with Gasteiger partial charge in [0.15, 0.2) is 0 Å². The molecule has 0 spiro atoms. The molecule has 0 heterocycles. The van der Waals surface area contributed by atoms with Crippen LogP contribution in [0.2, 0.25) is 0 Å². The summed E-state index contributed by atoms with van der Waals surface area (Å²) in [7, 11) is -9.15. The first kappa shape index (κ1) is 16.5. The molecule has 0 aliphatic rings. The van der Waals surface area contributed by atoms with Gasteiger partial charge in [0.05, 0.1) is 10.6 Å². The van der Waals surface area contributed by atoms with Gasteiger partial charge in [0.1, 0.15) is 4.90 Å². The molecule has 1 rings (SSSR count). The van der Waals surface area contributed by atoms with Gasteiger partial charge in [-0.05, 0) is 18.2 Å². The number of hydrogen-bond acceptors (Lipinski definition) is 5. The van der Waals surface area contributed by atoms with Crippen molar-refractivity contribution in [2.45, 2.75) is 9.79 Å². The summed E-state index contributed by atoms with van der Waals surface area (Å²) >= 11 is 0. The molecule has 1 aromatic rings. The number of nitrogens with two attached hydrogens (primary N) is 1. The molecule has 0 aliphatic heterocycles. The van der Waals surface area contributed by atoms with Crippen molar-refractivity contribution in [3.63, 3.8) is 0 Å². The van der Waals surface area contributed by atoms with Crippen LogP contribution in [-0.4, -0.2) is 77.3 Å². The Hall–Kier alpha value is 0.476. The number of nitrogen functional groups attached to an aromatic ring is 1. The van der Waals surface area contributed by atoms with E-state index in [4.69, 9.17) is 14.8 Å². The predicted molar refractivity (Wildman–Crippen MR) is 57.6 cm³/mol. The summed E-state index contributed by atoms with van der Waals surface area (Å²) in [6.07, 6.45) is 0. The fourth-order valence-electron chi connectivity index (χ4n) is 0.899. The van der Waals surface area contributed by atoms with Crippen LogP contribution in [0.15, 0.2) is 28.0 Å². The zero-order valence-corrected chi connectivity index (χ0v) is 8.79. The first-order chi connectivity index (χ1) is 6.62. The molecule has 0 fully saturated rings. The molecule has 0 bridgehead atoms. The minimum atomic E-state index is -4.62. The van der Waals surface area contributed by atoms with Gasteiger partial charge >= 0.3 is 51.4 Å². The topological polar surface area (TPSA) is 135 Å². The van der Waals surface area contributed by atoms with Crippen LogP contribution in [0.5, 0.6) is 0 Å². The molecule has 0 saturated heterocycles. The monoisotopic (exact) mass is 293 g/mol. The third kappa shape index (κ3) is 4.05. The zero-order valence-electron chi connectivity index (χ0n) is 7.15. The molecule has 4 N–H and O–H groups in total. The van der Waals surface area contributed by atoms with Gasteiger partial charge in [0.25, 0.3) is 20.2 Å². The van der Waals surface area contributed by atoms with E-state index in [1.165, 1.54) is 0 Å². The molecule has 0 atom stereocenters. The van der Waals surface area contributed by atoms with E-state index in [0.29, 0.717) is 6.07 Å². The van der Waals surface area contributed by atoms with Crippen LogP contribution in [0.1, 0.15) is 0 Å². The van der Waals surface area contributed by atoms with E-state index in [1.54, 1.807) is 0 Å². The average molecular weight is 293 g/mol. The van der Waals surface area contributed by atoms with Crippen LogP contribution < -0.4 is 5.73 Å². The fourth-order valence-corrected chi connectivity index (χ4v) is 2.12. The summed E-state index contributed by atoms with van der Waals surface area (Å²) in [4.78, 5) is -1.43. The van der Waals surface area contributed by atoms with Crippen LogP contribution >= 0.6 is 0 Å². The Balaban J connectivity index is 0.00000225. The molecule has 0 unspecified atom stereocenters. The normalized spacial score (nSPS) is 11.9. The van der Waals surface area contributed by atoms with E-state index >= 15 is 0 Å². The molecular weight excluding hydrogens is 285 g/mol. The van der Waals surface area contributed by atoms with Gasteiger partial charge in [-0.2, -0.15) is 16.8 Å².